The molecule has 0 aliphatic carbocycles. The Morgan fingerprint density at radius 2 is 2.20 bits per heavy atom. The molecule has 142 valence electrons. The molecular formula is C17H30N4O4. The normalized spacial score (nSPS) is 23.9. The van der Waals surface area contributed by atoms with E-state index in [1.807, 2.05) is 38.9 Å². The maximum absolute atomic E-state index is 11.7. The molecule has 25 heavy (non-hydrogen) atoms. The second kappa shape index (κ2) is 9.17. The summed E-state index contributed by atoms with van der Waals surface area (Å²) in [6.45, 7) is 4.77. The minimum atomic E-state index is -0.572. The molecule has 8 heteroatoms. The van der Waals surface area contributed by atoms with E-state index in [9.17, 15) is 9.90 Å². The molecule has 0 aromatic carbocycles. The van der Waals surface area contributed by atoms with Crippen molar-refractivity contribution in [2.45, 2.75) is 64.0 Å². The van der Waals surface area contributed by atoms with Crippen LogP contribution in [0, 0.1) is 0 Å². The van der Waals surface area contributed by atoms with Gasteiger partial charge in [0.2, 0.25) is 0 Å². The molecular weight excluding hydrogens is 324 g/mol. The zero-order valence-electron chi connectivity index (χ0n) is 15.5. The van der Waals surface area contributed by atoms with Gasteiger partial charge in [0.05, 0.1) is 24.4 Å². The van der Waals surface area contributed by atoms with Gasteiger partial charge in [-0.2, -0.15) is 0 Å². The van der Waals surface area contributed by atoms with Gasteiger partial charge < -0.3 is 29.9 Å². The van der Waals surface area contributed by atoms with Crippen LogP contribution in [0.3, 0.4) is 0 Å². The van der Waals surface area contributed by atoms with Crippen molar-refractivity contribution in [1.29, 1.82) is 0 Å². The van der Waals surface area contributed by atoms with Crippen LogP contribution in [-0.4, -0.2) is 66.2 Å². The fourth-order valence-electron chi connectivity index (χ4n) is 2.86. The Morgan fingerprint density at radius 1 is 1.44 bits per heavy atom. The number of carbonyl (C=O) groups excluding carboxylic acids is 1. The van der Waals surface area contributed by atoms with Gasteiger partial charge in [0.1, 0.15) is 6.10 Å². The lowest BCUT2D eigenvalue weighted by molar-refractivity contribution is -0.113. The van der Waals surface area contributed by atoms with Crippen LogP contribution in [-0.2, 0) is 17.7 Å². The Balaban J connectivity index is 1.82. The second-order valence-corrected chi connectivity index (χ2v) is 7.18. The molecule has 2 rings (SSSR count). The van der Waals surface area contributed by atoms with E-state index in [1.165, 1.54) is 0 Å². The average molecular weight is 354 g/mol. The van der Waals surface area contributed by atoms with Crippen molar-refractivity contribution >= 4 is 6.03 Å². The maximum atomic E-state index is 11.7. The summed E-state index contributed by atoms with van der Waals surface area (Å²) in [5.41, 5.74) is 0.850. The second-order valence-electron chi connectivity index (χ2n) is 7.18. The van der Waals surface area contributed by atoms with E-state index in [0.717, 1.165) is 17.9 Å². The lowest BCUT2D eigenvalue weighted by Crippen LogP contribution is -2.49. The number of rotatable bonds is 7. The number of hydrogen-bond acceptors (Lipinski definition) is 6. The topological polar surface area (TPSA) is 99.9 Å². The highest BCUT2D eigenvalue weighted by molar-refractivity contribution is 5.74. The molecule has 0 spiro atoms. The van der Waals surface area contributed by atoms with Crippen LogP contribution in [0.1, 0.15) is 38.1 Å². The van der Waals surface area contributed by atoms with E-state index in [1.54, 1.807) is 0 Å². The summed E-state index contributed by atoms with van der Waals surface area (Å²) in [5, 5.41) is 19.7. The Hall–Kier alpha value is -1.64. The lowest BCUT2D eigenvalue weighted by atomic mass is 9.98. The molecule has 1 aliphatic rings. The van der Waals surface area contributed by atoms with E-state index < -0.39 is 12.2 Å². The summed E-state index contributed by atoms with van der Waals surface area (Å²) >= 11 is 0. The zero-order valence-corrected chi connectivity index (χ0v) is 15.5. The van der Waals surface area contributed by atoms with Crippen molar-refractivity contribution in [3.8, 4) is 0 Å². The van der Waals surface area contributed by atoms with E-state index in [0.29, 0.717) is 19.4 Å². The van der Waals surface area contributed by atoms with Crippen LogP contribution >= 0.6 is 0 Å². The monoisotopic (exact) mass is 354 g/mol. The summed E-state index contributed by atoms with van der Waals surface area (Å²) in [5.74, 6) is 0.819. The predicted octanol–water partition coefficient (Wildman–Crippen LogP) is 0.895. The van der Waals surface area contributed by atoms with Gasteiger partial charge in [-0.1, -0.05) is 5.16 Å². The predicted molar refractivity (Wildman–Crippen MR) is 93.2 cm³/mol. The molecule has 1 fully saturated rings. The molecule has 0 radical (unpaired) electrons. The number of hydrogen-bond donors (Lipinski definition) is 3. The van der Waals surface area contributed by atoms with Crippen molar-refractivity contribution in [2.75, 3.05) is 20.6 Å². The molecule has 0 bridgehead atoms. The van der Waals surface area contributed by atoms with Crippen molar-refractivity contribution in [3.05, 3.63) is 17.5 Å². The molecule has 1 saturated heterocycles. The fourth-order valence-corrected chi connectivity index (χ4v) is 2.86. The first-order valence-corrected chi connectivity index (χ1v) is 8.80. The summed E-state index contributed by atoms with van der Waals surface area (Å²) in [6, 6.07) is 1.75. The largest absolute Gasteiger partial charge is 0.390 e. The molecule has 1 aromatic rings. The van der Waals surface area contributed by atoms with Gasteiger partial charge in [0.15, 0.2) is 5.76 Å². The van der Waals surface area contributed by atoms with Crippen molar-refractivity contribution < 1.29 is 19.2 Å². The van der Waals surface area contributed by atoms with Gasteiger partial charge in [-0.25, -0.2) is 4.79 Å². The number of aliphatic hydroxyl groups is 1. The van der Waals surface area contributed by atoms with Crippen LogP contribution in [0.15, 0.2) is 10.6 Å². The van der Waals surface area contributed by atoms with Crippen LogP contribution in [0.2, 0.25) is 0 Å². The first-order valence-electron chi connectivity index (χ1n) is 8.80. The first-order chi connectivity index (χ1) is 11.8. The maximum Gasteiger partial charge on any atom is 0.315 e. The molecule has 0 saturated carbocycles. The highest BCUT2D eigenvalue weighted by Crippen LogP contribution is 2.22. The molecule has 2 amide bonds. The molecule has 3 atom stereocenters. The van der Waals surface area contributed by atoms with E-state index in [-0.39, 0.29) is 24.7 Å². The van der Waals surface area contributed by atoms with Crippen LogP contribution < -0.4 is 10.6 Å². The van der Waals surface area contributed by atoms with Gasteiger partial charge in [-0.3, -0.25) is 0 Å². The highest BCUT2D eigenvalue weighted by atomic mass is 16.5. The Bertz CT molecular complexity index is 547. The Kier molecular flexibility index (Phi) is 7.22. The standard InChI is InChI=1S/C17H30N4O4/c1-11(2)19-17(23)18-9-16-15(22)6-5-13(24-16)7-12-8-14(25-20-12)10-21(3)4/h8,11,13,15-16,22H,5-7,9-10H2,1-4H3,(H2,18,19,23). The minimum absolute atomic E-state index is 0.0410. The Labute approximate surface area is 148 Å². The van der Waals surface area contributed by atoms with Gasteiger partial charge in [0, 0.05) is 25.1 Å². The lowest BCUT2D eigenvalue weighted by Gasteiger charge is -2.33. The first kappa shape index (κ1) is 19.7. The average Bonchev–Trinajstić information content (AvgIpc) is 2.93. The number of carbonyl (C=O) groups is 1. The third-order valence-corrected chi connectivity index (χ3v) is 3.98. The summed E-state index contributed by atoms with van der Waals surface area (Å²) in [4.78, 5) is 13.7. The van der Waals surface area contributed by atoms with Gasteiger partial charge >= 0.3 is 6.03 Å². The van der Waals surface area contributed by atoms with Crippen molar-refractivity contribution in [3.63, 3.8) is 0 Å². The van der Waals surface area contributed by atoms with Crippen molar-refractivity contribution in [2.24, 2.45) is 0 Å². The molecule has 1 aromatic heterocycles. The summed E-state index contributed by atoms with van der Waals surface area (Å²) < 4.78 is 11.3. The molecule has 3 N–H and O–H groups in total. The zero-order chi connectivity index (χ0) is 18.4. The van der Waals surface area contributed by atoms with Gasteiger partial charge in [-0.05, 0) is 40.8 Å². The third kappa shape index (κ3) is 6.64. The SMILES string of the molecule is CC(C)NC(=O)NCC1OC(Cc2cc(CN(C)C)on2)CCC1O. The number of aromatic nitrogens is 1. The van der Waals surface area contributed by atoms with E-state index in [4.69, 9.17) is 9.26 Å². The van der Waals surface area contributed by atoms with Crippen molar-refractivity contribution in [1.82, 2.24) is 20.7 Å². The van der Waals surface area contributed by atoms with Crippen LogP contribution in [0.4, 0.5) is 4.79 Å². The van der Waals surface area contributed by atoms with E-state index >= 15 is 0 Å². The van der Waals surface area contributed by atoms with Crippen LogP contribution in [0.25, 0.3) is 0 Å². The molecule has 3 unspecified atom stereocenters. The fraction of sp³-hybridized carbons (Fsp3) is 0.765. The number of urea groups is 1. The van der Waals surface area contributed by atoms with E-state index in [2.05, 4.69) is 15.8 Å². The van der Waals surface area contributed by atoms with Crippen LogP contribution in [0.5, 0.6) is 0 Å². The number of aliphatic hydroxyl groups excluding tert-OH is 1. The number of amides is 2. The third-order valence-electron chi connectivity index (χ3n) is 3.98. The Morgan fingerprint density at radius 3 is 2.88 bits per heavy atom. The molecule has 2 heterocycles. The highest BCUT2D eigenvalue weighted by Gasteiger charge is 2.30. The quantitative estimate of drug-likeness (QED) is 0.673. The summed E-state index contributed by atoms with van der Waals surface area (Å²) in [7, 11) is 3.95. The smallest absolute Gasteiger partial charge is 0.315 e. The molecule has 1 aliphatic heterocycles. The summed E-state index contributed by atoms with van der Waals surface area (Å²) in [6.07, 6.45) is 1.01. The minimum Gasteiger partial charge on any atom is -0.390 e. The number of nitrogens with zero attached hydrogens (tertiary/aromatic N) is 2. The number of ether oxygens (including phenoxy) is 1. The number of nitrogens with one attached hydrogen (secondary N) is 2. The van der Waals surface area contributed by atoms with Gasteiger partial charge in [-0.15, -0.1) is 0 Å². The molecule has 8 nitrogen and oxygen atoms in total. The van der Waals surface area contributed by atoms with Gasteiger partial charge in [0.25, 0.3) is 0 Å².